The molecule has 0 amide bonds. The highest BCUT2D eigenvalue weighted by molar-refractivity contribution is 6.14. The van der Waals surface area contributed by atoms with Gasteiger partial charge in [0, 0.05) is 44.2 Å². The lowest BCUT2D eigenvalue weighted by molar-refractivity contribution is 0.660. The van der Waals surface area contributed by atoms with Gasteiger partial charge in [0.2, 0.25) is 0 Å². The highest BCUT2D eigenvalue weighted by Gasteiger charge is 2.54. The molecule has 4 aliphatic carbocycles. The predicted molar refractivity (Wildman–Crippen MR) is 311 cm³/mol. The first kappa shape index (κ1) is 42.5. The zero-order valence-corrected chi connectivity index (χ0v) is 42.4. The van der Waals surface area contributed by atoms with E-state index in [-0.39, 0.29) is 10.8 Å². The lowest BCUT2D eigenvalue weighted by atomic mass is 9.68. The molecule has 354 valence electrons. The molecule has 0 fully saturated rings. The molecule has 1 unspecified atom stereocenters. The van der Waals surface area contributed by atoms with Crippen LogP contribution in [0.1, 0.15) is 72.2 Å². The van der Waals surface area contributed by atoms with Crippen molar-refractivity contribution in [3.8, 4) is 66.8 Å². The molecule has 1 atom stereocenters. The molecule has 0 bridgehead atoms. The van der Waals surface area contributed by atoms with Crippen molar-refractivity contribution < 1.29 is 4.42 Å². The molecule has 0 N–H and O–H groups in total. The van der Waals surface area contributed by atoms with E-state index in [1.54, 1.807) is 0 Å². The fraction of sp³-hybridized carbons (Fsp3) is 0.0959. The van der Waals surface area contributed by atoms with Gasteiger partial charge in [0.15, 0.2) is 0 Å². The van der Waals surface area contributed by atoms with Gasteiger partial charge in [-0.1, -0.05) is 222 Å². The largest absolute Gasteiger partial charge is 0.455 e. The summed E-state index contributed by atoms with van der Waals surface area (Å²) in [5.74, 6) is 0. The molecule has 16 rings (SSSR count). The molecule has 12 aromatic rings. The van der Waals surface area contributed by atoms with Gasteiger partial charge in [0.25, 0.3) is 0 Å². The Bertz CT molecular complexity index is 4310. The molecule has 11 aromatic carbocycles. The van der Waals surface area contributed by atoms with Gasteiger partial charge >= 0.3 is 0 Å². The van der Waals surface area contributed by atoms with Crippen molar-refractivity contribution in [3.05, 3.63) is 281 Å². The maximum absolute atomic E-state index is 6.95. The number of benzene rings is 11. The number of rotatable bonds is 5. The second-order valence-corrected chi connectivity index (χ2v) is 22.3. The van der Waals surface area contributed by atoms with Crippen LogP contribution in [0.2, 0.25) is 0 Å². The molecule has 4 aliphatic rings. The summed E-state index contributed by atoms with van der Waals surface area (Å²) in [7, 11) is 0. The van der Waals surface area contributed by atoms with Gasteiger partial charge in [-0.3, -0.25) is 0 Å². The Kier molecular flexibility index (Phi) is 8.54. The van der Waals surface area contributed by atoms with E-state index in [2.05, 4.69) is 269 Å². The Balaban J connectivity index is 0.926. The van der Waals surface area contributed by atoms with Crippen LogP contribution >= 0.6 is 0 Å². The third-order valence-corrected chi connectivity index (χ3v) is 17.9. The van der Waals surface area contributed by atoms with E-state index in [4.69, 9.17) is 4.42 Å². The molecule has 1 aromatic heterocycles. The van der Waals surface area contributed by atoms with Crippen molar-refractivity contribution in [2.75, 3.05) is 4.90 Å². The van der Waals surface area contributed by atoms with E-state index in [1.165, 1.54) is 111 Å². The van der Waals surface area contributed by atoms with Crippen LogP contribution in [0, 0.1) is 0 Å². The van der Waals surface area contributed by atoms with Crippen LogP contribution < -0.4 is 4.90 Å². The van der Waals surface area contributed by atoms with Crippen LogP contribution in [0.5, 0.6) is 0 Å². The summed E-state index contributed by atoms with van der Waals surface area (Å²) in [5, 5.41) is 2.29. The van der Waals surface area contributed by atoms with Gasteiger partial charge < -0.3 is 9.32 Å². The highest BCUT2D eigenvalue weighted by atomic mass is 16.3. The first-order valence-corrected chi connectivity index (χ1v) is 26.5. The zero-order valence-electron chi connectivity index (χ0n) is 42.4. The van der Waals surface area contributed by atoms with Gasteiger partial charge in [-0.05, 0) is 148 Å². The molecule has 0 radical (unpaired) electrons. The third-order valence-electron chi connectivity index (χ3n) is 17.9. The first-order valence-electron chi connectivity index (χ1n) is 26.5. The van der Waals surface area contributed by atoms with Crippen LogP contribution in [0.25, 0.3) is 88.7 Å². The fourth-order valence-electron chi connectivity index (χ4n) is 14.5. The van der Waals surface area contributed by atoms with Crippen LogP contribution in [-0.4, -0.2) is 0 Å². The molecule has 0 saturated heterocycles. The maximum Gasteiger partial charge on any atom is 0.143 e. The lowest BCUT2D eigenvalue weighted by Crippen LogP contribution is -2.26. The van der Waals surface area contributed by atoms with Gasteiger partial charge in [-0.15, -0.1) is 0 Å². The number of hydrogen-bond donors (Lipinski definition) is 0. The number of fused-ring (bicyclic) bond motifs is 20. The smallest absolute Gasteiger partial charge is 0.143 e. The lowest BCUT2D eigenvalue weighted by Gasteiger charge is -2.33. The summed E-state index contributed by atoms with van der Waals surface area (Å²) in [4.78, 5) is 2.49. The second-order valence-electron chi connectivity index (χ2n) is 22.3. The number of anilines is 3. The molecular weight excluding hydrogens is 907 g/mol. The molecule has 75 heavy (non-hydrogen) atoms. The van der Waals surface area contributed by atoms with E-state index in [9.17, 15) is 0 Å². The van der Waals surface area contributed by atoms with Crippen LogP contribution in [-0.2, 0) is 16.2 Å². The normalized spacial score (nSPS) is 16.3. The summed E-state index contributed by atoms with van der Waals surface area (Å²) in [6, 6.07) is 88.9. The van der Waals surface area contributed by atoms with Gasteiger partial charge in [0.1, 0.15) is 11.2 Å². The molecule has 0 saturated carbocycles. The van der Waals surface area contributed by atoms with E-state index < -0.39 is 5.41 Å². The molecule has 2 nitrogen and oxygen atoms in total. The fourth-order valence-corrected chi connectivity index (χ4v) is 14.5. The van der Waals surface area contributed by atoms with Crippen molar-refractivity contribution in [3.63, 3.8) is 0 Å². The molecule has 2 heteroatoms. The van der Waals surface area contributed by atoms with E-state index in [0.717, 1.165) is 39.0 Å². The Morgan fingerprint density at radius 3 is 1.40 bits per heavy atom. The van der Waals surface area contributed by atoms with Crippen molar-refractivity contribution in [2.24, 2.45) is 0 Å². The minimum atomic E-state index is -0.626. The number of hydrogen-bond acceptors (Lipinski definition) is 2. The van der Waals surface area contributed by atoms with Crippen molar-refractivity contribution >= 4 is 39.0 Å². The molecule has 0 aliphatic heterocycles. The average Bonchev–Trinajstić information content (AvgIpc) is 4.36. The molecule has 1 heterocycles. The SMILES string of the molecule is CC1(C)c2ccccc2-c2ccc(N(c3ccc(-c4ccc(-c5ccccc5)c5c4C4(c6ccccc6-5)c5ccccc5-c5c4ccc4c5oc5ccccc54)cc3)c3ccc4c(c3)C(C)(C)c3ccccc3-4)cc21. The second kappa shape index (κ2) is 15.1. The summed E-state index contributed by atoms with van der Waals surface area (Å²) in [5.41, 5.74) is 30.1. The van der Waals surface area contributed by atoms with Crippen molar-refractivity contribution in [1.29, 1.82) is 0 Å². The quantitative estimate of drug-likeness (QED) is 0.171. The predicted octanol–water partition coefficient (Wildman–Crippen LogP) is 19.3. The van der Waals surface area contributed by atoms with Crippen molar-refractivity contribution in [2.45, 2.75) is 43.9 Å². The summed E-state index contributed by atoms with van der Waals surface area (Å²) in [6.45, 7) is 9.51. The monoisotopic (exact) mass is 957 g/mol. The number of para-hydroxylation sites is 1. The van der Waals surface area contributed by atoms with Gasteiger partial charge in [-0.2, -0.15) is 0 Å². The Hall–Kier alpha value is -8.98. The third kappa shape index (κ3) is 5.53. The highest BCUT2D eigenvalue weighted by Crippen LogP contribution is 2.67. The minimum Gasteiger partial charge on any atom is -0.455 e. The zero-order chi connectivity index (χ0) is 50.0. The minimum absolute atomic E-state index is 0.146. The Morgan fingerprint density at radius 1 is 0.307 bits per heavy atom. The van der Waals surface area contributed by atoms with Crippen LogP contribution in [0.4, 0.5) is 17.1 Å². The number of nitrogens with zero attached hydrogens (tertiary/aromatic N) is 1. The standard InChI is InChI=1S/C73H51NO/c1-71(2)59-25-13-8-20-51(59)53-36-34-47(42-64(53)71)74(48-35-37-54-52-21-9-14-26-60(52)72(3,4)65(54)43-48)46-32-30-45(31-33-46)50-39-38-49(44-18-6-5-7-19-44)67-57-23-10-15-27-61(57)73(69(50)67)62-28-16-11-24-58(62)68-63(73)41-40-56-55-22-12-17-29-66(55)75-70(56)68/h5-43H,1-4H3. The van der Waals surface area contributed by atoms with Crippen LogP contribution in [0.3, 0.4) is 0 Å². The summed E-state index contributed by atoms with van der Waals surface area (Å²) < 4.78 is 6.95. The molecule has 1 spiro atoms. The van der Waals surface area contributed by atoms with Gasteiger partial charge in [0.05, 0.1) is 5.41 Å². The average molecular weight is 958 g/mol. The summed E-state index contributed by atoms with van der Waals surface area (Å²) in [6.07, 6.45) is 0. The first-order chi connectivity index (χ1) is 36.7. The maximum atomic E-state index is 6.95. The number of furan rings is 1. The Morgan fingerprint density at radius 2 is 0.773 bits per heavy atom. The van der Waals surface area contributed by atoms with Gasteiger partial charge in [-0.25, -0.2) is 0 Å². The van der Waals surface area contributed by atoms with E-state index in [0.29, 0.717) is 0 Å². The van der Waals surface area contributed by atoms with E-state index >= 15 is 0 Å². The Labute approximate surface area is 437 Å². The molecular formula is C73H51NO. The van der Waals surface area contributed by atoms with E-state index in [1.807, 2.05) is 0 Å². The summed E-state index contributed by atoms with van der Waals surface area (Å²) >= 11 is 0. The van der Waals surface area contributed by atoms with Crippen LogP contribution in [0.15, 0.2) is 241 Å². The van der Waals surface area contributed by atoms with Crippen molar-refractivity contribution in [1.82, 2.24) is 0 Å². The topological polar surface area (TPSA) is 16.4 Å².